The highest BCUT2D eigenvalue weighted by Gasteiger charge is 2.63. The van der Waals surface area contributed by atoms with Crippen molar-refractivity contribution in [1.29, 1.82) is 0 Å². The molecule has 0 aromatic carbocycles. The van der Waals surface area contributed by atoms with Crippen molar-refractivity contribution in [3.63, 3.8) is 0 Å². The van der Waals surface area contributed by atoms with E-state index in [2.05, 4.69) is 0 Å². The summed E-state index contributed by atoms with van der Waals surface area (Å²) in [5.74, 6) is -0.756. The number of hydrogen-bond donors (Lipinski definition) is 1. The molecule has 2 nitrogen and oxygen atoms in total. The molecule has 1 saturated carbocycles. The molecule has 0 aliphatic heterocycles. The Morgan fingerprint density at radius 2 is 2.09 bits per heavy atom. The molecule has 1 N–H and O–H groups in total. The van der Waals surface area contributed by atoms with Gasteiger partial charge in [0.1, 0.15) is 4.87 Å². The molecule has 2 atom stereocenters. The highest BCUT2D eigenvalue weighted by Crippen LogP contribution is 2.58. The first kappa shape index (κ1) is 8.85. The minimum Gasteiger partial charge on any atom is -0.480 e. The van der Waals surface area contributed by atoms with Crippen molar-refractivity contribution in [2.75, 3.05) is 0 Å². The van der Waals surface area contributed by atoms with Crippen molar-refractivity contribution >= 4 is 17.6 Å². The molecule has 0 radical (unpaired) electrons. The molecule has 0 heterocycles. The number of carbonyl (C=O) groups is 1. The molecule has 2 unspecified atom stereocenters. The summed E-state index contributed by atoms with van der Waals surface area (Å²) >= 11 is 5.83. The molecule has 1 aliphatic rings. The number of rotatable bonds is 1. The van der Waals surface area contributed by atoms with Crippen LogP contribution in [0.1, 0.15) is 27.2 Å². The van der Waals surface area contributed by atoms with Gasteiger partial charge in [-0.15, -0.1) is 11.6 Å². The Morgan fingerprint density at radius 3 is 2.18 bits per heavy atom. The summed E-state index contributed by atoms with van der Waals surface area (Å²) in [7, 11) is 0. The Kier molecular flexibility index (Phi) is 1.71. The number of aliphatic carboxylic acids is 1. The normalized spacial score (nSPS) is 36.9. The van der Waals surface area contributed by atoms with Crippen LogP contribution in [0.4, 0.5) is 0 Å². The van der Waals surface area contributed by atoms with Crippen LogP contribution < -0.4 is 0 Å². The average Bonchev–Trinajstić information content (AvgIpc) is 2.41. The quantitative estimate of drug-likeness (QED) is 0.622. The zero-order chi connectivity index (χ0) is 8.86. The Bertz CT molecular complexity index is 195. The van der Waals surface area contributed by atoms with Gasteiger partial charge < -0.3 is 5.11 Å². The minimum absolute atomic E-state index is 0.0140. The molecular formula is C8H13ClO2. The molecule has 0 aromatic heterocycles. The fraction of sp³-hybridized carbons (Fsp3) is 0.875. The topological polar surface area (TPSA) is 37.3 Å². The first-order chi connectivity index (χ1) is 4.78. The van der Waals surface area contributed by atoms with E-state index in [-0.39, 0.29) is 11.3 Å². The Balaban J connectivity index is 2.68. The maximum Gasteiger partial charge on any atom is 0.325 e. The van der Waals surface area contributed by atoms with Crippen LogP contribution in [0.15, 0.2) is 0 Å². The number of halogens is 1. The van der Waals surface area contributed by atoms with Gasteiger partial charge in [-0.2, -0.15) is 0 Å². The summed E-state index contributed by atoms with van der Waals surface area (Å²) in [6, 6.07) is 0. The van der Waals surface area contributed by atoms with Gasteiger partial charge in [-0.05, 0) is 17.8 Å². The fourth-order valence-electron chi connectivity index (χ4n) is 1.47. The van der Waals surface area contributed by atoms with Crippen LogP contribution in [-0.2, 0) is 4.79 Å². The predicted octanol–water partition coefficient (Wildman–Crippen LogP) is 2.11. The molecule has 3 heteroatoms. The molecule has 1 rings (SSSR count). The molecule has 11 heavy (non-hydrogen) atoms. The molecule has 0 saturated heterocycles. The van der Waals surface area contributed by atoms with E-state index in [9.17, 15) is 4.79 Å². The highest BCUT2D eigenvalue weighted by atomic mass is 35.5. The maximum atomic E-state index is 10.6. The van der Waals surface area contributed by atoms with Gasteiger partial charge in [0.25, 0.3) is 0 Å². The zero-order valence-electron chi connectivity index (χ0n) is 7.02. The number of carboxylic acids is 1. The first-order valence-electron chi connectivity index (χ1n) is 3.71. The van der Waals surface area contributed by atoms with E-state index >= 15 is 0 Å². The second-order valence-electron chi connectivity index (χ2n) is 4.29. The highest BCUT2D eigenvalue weighted by molar-refractivity contribution is 6.36. The Morgan fingerprint density at radius 1 is 1.64 bits per heavy atom. The third-order valence-corrected chi connectivity index (χ3v) is 2.87. The maximum absolute atomic E-state index is 10.6. The standard InChI is InChI=1S/C8H13ClO2/c1-7(2,3)5-4-8(5,9)6(10)11/h5H,4H2,1-3H3,(H,10,11). The van der Waals surface area contributed by atoms with Crippen molar-refractivity contribution in [2.45, 2.75) is 32.1 Å². The number of alkyl halides is 1. The third kappa shape index (κ3) is 1.36. The summed E-state index contributed by atoms with van der Waals surface area (Å²) in [6.07, 6.45) is 0.605. The second-order valence-corrected chi connectivity index (χ2v) is 4.96. The monoisotopic (exact) mass is 176 g/mol. The van der Waals surface area contributed by atoms with E-state index < -0.39 is 10.8 Å². The minimum atomic E-state index is -0.960. The molecule has 0 bridgehead atoms. The van der Waals surface area contributed by atoms with Crippen molar-refractivity contribution in [1.82, 2.24) is 0 Å². The lowest BCUT2D eigenvalue weighted by Crippen LogP contribution is -2.23. The smallest absolute Gasteiger partial charge is 0.325 e. The van der Waals surface area contributed by atoms with Crippen LogP contribution in [0.3, 0.4) is 0 Å². The third-order valence-electron chi connectivity index (χ3n) is 2.29. The van der Waals surface area contributed by atoms with Crippen LogP contribution in [-0.4, -0.2) is 16.0 Å². The average molecular weight is 177 g/mol. The van der Waals surface area contributed by atoms with Gasteiger partial charge >= 0.3 is 5.97 Å². The summed E-state index contributed by atoms with van der Waals surface area (Å²) in [5, 5.41) is 8.71. The van der Waals surface area contributed by atoms with E-state index in [1.165, 1.54) is 0 Å². The fourth-order valence-corrected chi connectivity index (χ4v) is 1.95. The molecule has 64 valence electrons. The predicted molar refractivity (Wildman–Crippen MR) is 43.8 cm³/mol. The van der Waals surface area contributed by atoms with Crippen molar-refractivity contribution < 1.29 is 9.90 Å². The van der Waals surface area contributed by atoms with E-state index in [1.54, 1.807) is 0 Å². The van der Waals surface area contributed by atoms with Crippen molar-refractivity contribution in [3.05, 3.63) is 0 Å². The molecule has 0 spiro atoms. The van der Waals surface area contributed by atoms with Gasteiger partial charge in [-0.3, -0.25) is 4.79 Å². The Labute approximate surface area is 71.5 Å². The molecular weight excluding hydrogens is 164 g/mol. The first-order valence-corrected chi connectivity index (χ1v) is 4.08. The van der Waals surface area contributed by atoms with Crippen LogP contribution in [0.25, 0.3) is 0 Å². The number of hydrogen-bond acceptors (Lipinski definition) is 1. The van der Waals surface area contributed by atoms with Gasteiger partial charge in [-0.25, -0.2) is 0 Å². The summed E-state index contributed by atoms with van der Waals surface area (Å²) < 4.78 is 0. The molecule has 0 aromatic rings. The largest absolute Gasteiger partial charge is 0.480 e. The van der Waals surface area contributed by atoms with Gasteiger partial charge in [0.2, 0.25) is 0 Å². The summed E-state index contributed by atoms with van der Waals surface area (Å²) in [4.78, 5) is 9.65. The second kappa shape index (κ2) is 2.13. The SMILES string of the molecule is CC(C)(C)C1CC1(Cl)C(=O)O. The van der Waals surface area contributed by atoms with Gasteiger partial charge in [0.05, 0.1) is 0 Å². The van der Waals surface area contributed by atoms with Crippen LogP contribution in [0.5, 0.6) is 0 Å². The van der Waals surface area contributed by atoms with E-state index in [1.807, 2.05) is 20.8 Å². The van der Waals surface area contributed by atoms with Crippen molar-refractivity contribution in [3.8, 4) is 0 Å². The van der Waals surface area contributed by atoms with E-state index in [0.717, 1.165) is 0 Å². The zero-order valence-corrected chi connectivity index (χ0v) is 7.77. The summed E-state index contributed by atoms with van der Waals surface area (Å²) in [6.45, 7) is 6.06. The lowest BCUT2D eigenvalue weighted by atomic mass is 9.89. The lowest BCUT2D eigenvalue weighted by molar-refractivity contribution is -0.138. The van der Waals surface area contributed by atoms with E-state index in [4.69, 9.17) is 16.7 Å². The van der Waals surface area contributed by atoms with Crippen LogP contribution >= 0.6 is 11.6 Å². The molecule has 1 aliphatic carbocycles. The van der Waals surface area contributed by atoms with Gasteiger partial charge in [-0.1, -0.05) is 20.8 Å². The Hall–Kier alpha value is -0.240. The summed E-state index contributed by atoms with van der Waals surface area (Å²) in [5.41, 5.74) is 0.0140. The van der Waals surface area contributed by atoms with Crippen LogP contribution in [0.2, 0.25) is 0 Å². The van der Waals surface area contributed by atoms with E-state index in [0.29, 0.717) is 6.42 Å². The number of carboxylic acid groups (broad SMARTS) is 1. The molecule has 1 fully saturated rings. The van der Waals surface area contributed by atoms with Gasteiger partial charge in [0, 0.05) is 0 Å². The van der Waals surface area contributed by atoms with Crippen LogP contribution in [0, 0.1) is 11.3 Å². The van der Waals surface area contributed by atoms with Crippen molar-refractivity contribution in [2.24, 2.45) is 11.3 Å². The molecule has 0 amide bonds. The van der Waals surface area contributed by atoms with Gasteiger partial charge in [0.15, 0.2) is 0 Å². The lowest BCUT2D eigenvalue weighted by Gasteiger charge is -2.18.